The van der Waals surface area contributed by atoms with Gasteiger partial charge in [0.25, 0.3) is 0 Å². The summed E-state index contributed by atoms with van der Waals surface area (Å²) in [6, 6.07) is 21.5. The van der Waals surface area contributed by atoms with Gasteiger partial charge >= 0.3 is 0 Å². The summed E-state index contributed by atoms with van der Waals surface area (Å²) in [5, 5.41) is 0.612. The quantitative estimate of drug-likeness (QED) is 0.460. The highest BCUT2D eigenvalue weighted by molar-refractivity contribution is 9.10. The summed E-state index contributed by atoms with van der Waals surface area (Å²) in [5.74, 6) is 0.0195. The van der Waals surface area contributed by atoms with Crippen LogP contribution in [0, 0.1) is 6.07 Å². The molecule has 0 heterocycles. The second-order valence-corrected chi connectivity index (χ2v) is 6.79. The summed E-state index contributed by atoms with van der Waals surface area (Å²) in [6.45, 7) is 0. The van der Waals surface area contributed by atoms with Crippen molar-refractivity contribution in [2.75, 3.05) is 5.73 Å². The van der Waals surface area contributed by atoms with Crippen LogP contribution in [-0.2, 0) is 6.42 Å². The Hall–Kier alpha value is -2.10. The Bertz CT molecular complexity index is 873. The molecule has 0 saturated carbocycles. The van der Waals surface area contributed by atoms with Crippen molar-refractivity contribution in [3.8, 4) is 11.1 Å². The maximum absolute atomic E-state index is 12.5. The average Bonchev–Trinajstić information content (AvgIpc) is 2.58. The highest BCUT2D eigenvalue weighted by Gasteiger charge is 2.12. The van der Waals surface area contributed by atoms with E-state index in [4.69, 9.17) is 17.3 Å². The zero-order valence-corrected chi connectivity index (χ0v) is 15.1. The number of benzene rings is 3. The van der Waals surface area contributed by atoms with Gasteiger partial charge in [0.05, 0.1) is 0 Å². The fourth-order valence-corrected chi connectivity index (χ4v) is 2.87. The molecule has 2 N–H and O–H groups in total. The molecule has 1 radical (unpaired) electrons. The lowest BCUT2D eigenvalue weighted by atomic mass is 9.94. The topological polar surface area (TPSA) is 43.1 Å². The first-order chi connectivity index (χ1) is 11.5. The highest BCUT2D eigenvalue weighted by atomic mass is 79.9. The number of nitrogens with two attached hydrogens (primary N) is 1. The number of rotatable bonds is 4. The van der Waals surface area contributed by atoms with Crippen molar-refractivity contribution in [2.24, 2.45) is 0 Å². The first-order valence-corrected chi connectivity index (χ1v) is 8.55. The maximum atomic E-state index is 12.5. The second-order valence-electron chi connectivity index (χ2n) is 5.44. The molecule has 0 amide bonds. The van der Waals surface area contributed by atoms with Crippen LogP contribution in [0.1, 0.15) is 15.9 Å². The van der Waals surface area contributed by atoms with Gasteiger partial charge in [0.2, 0.25) is 0 Å². The largest absolute Gasteiger partial charge is 0.399 e. The number of carbonyl (C=O) groups excluding carboxylic acids is 1. The van der Waals surface area contributed by atoms with Crippen molar-refractivity contribution in [1.82, 2.24) is 0 Å². The van der Waals surface area contributed by atoms with Crippen LogP contribution in [0.3, 0.4) is 0 Å². The molecule has 0 atom stereocenters. The van der Waals surface area contributed by atoms with Crippen molar-refractivity contribution in [2.45, 2.75) is 6.42 Å². The summed E-state index contributed by atoms with van der Waals surface area (Å²) in [6.07, 6.45) is 0.257. The van der Waals surface area contributed by atoms with E-state index in [1.807, 2.05) is 30.3 Å². The number of nitrogen functional groups attached to an aromatic ring is 1. The molecule has 0 bridgehead atoms. The number of anilines is 1. The summed E-state index contributed by atoms with van der Waals surface area (Å²) in [4.78, 5) is 12.5. The summed E-state index contributed by atoms with van der Waals surface area (Å²) in [7, 11) is 0. The van der Waals surface area contributed by atoms with Gasteiger partial charge in [0, 0.05) is 27.2 Å². The molecular weight excluding hydrogens is 386 g/mol. The molecule has 3 aromatic rings. The number of hydrogen-bond donors (Lipinski definition) is 1. The lowest BCUT2D eigenvalue weighted by molar-refractivity contribution is 0.0993. The van der Waals surface area contributed by atoms with Crippen LogP contribution in [-0.4, -0.2) is 5.78 Å². The Kier molecular flexibility index (Phi) is 5.03. The Morgan fingerprint density at radius 3 is 2.42 bits per heavy atom. The Labute approximate surface area is 154 Å². The Morgan fingerprint density at radius 1 is 1.08 bits per heavy atom. The SMILES string of the molecule is Nc1c[c]c(CC(=O)c2ccc(Cl)cc2)c(-c2ccc(Br)cc2)c1. The lowest BCUT2D eigenvalue weighted by Gasteiger charge is -2.11. The van der Waals surface area contributed by atoms with Gasteiger partial charge in [-0.1, -0.05) is 39.7 Å². The lowest BCUT2D eigenvalue weighted by Crippen LogP contribution is -2.05. The van der Waals surface area contributed by atoms with E-state index in [-0.39, 0.29) is 12.2 Å². The third-order valence-electron chi connectivity index (χ3n) is 3.71. The smallest absolute Gasteiger partial charge is 0.167 e. The van der Waals surface area contributed by atoms with Crippen molar-refractivity contribution in [3.63, 3.8) is 0 Å². The number of ketones is 1. The molecule has 0 unspecified atom stereocenters. The molecule has 2 nitrogen and oxygen atoms in total. The van der Waals surface area contributed by atoms with E-state index in [1.54, 1.807) is 30.3 Å². The second kappa shape index (κ2) is 7.20. The van der Waals surface area contributed by atoms with Gasteiger partial charge in [0.15, 0.2) is 5.78 Å². The van der Waals surface area contributed by atoms with E-state index in [0.717, 1.165) is 21.2 Å². The van der Waals surface area contributed by atoms with E-state index in [1.165, 1.54) is 0 Å². The van der Waals surface area contributed by atoms with E-state index >= 15 is 0 Å². The summed E-state index contributed by atoms with van der Waals surface area (Å²) in [5.41, 5.74) is 9.91. The normalized spacial score (nSPS) is 10.6. The van der Waals surface area contributed by atoms with E-state index < -0.39 is 0 Å². The van der Waals surface area contributed by atoms with Crippen LogP contribution in [0.5, 0.6) is 0 Å². The van der Waals surface area contributed by atoms with Gasteiger partial charge in [0.1, 0.15) is 0 Å². The van der Waals surface area contributed by atoms with E-state index in [0.29, 0.717) is 16.3 Å². The number of halogens is 2. The van der Waals surface area contributed by atoms with Crippen LogP contribution >= 0.6 is 27.5 Å². The van der Waals surface area contributed by atoms with Gasteiger partial charge in [-0.15, -0.1) is 0 Å². The first-order valence-electron chi connectivity index (χ1n) is 7.38. The van der Waals surface area contributed by atoms with E-state index in [2.05, 4.69) is 22.0 Å². The van der Waals surface area contributed by atoms with Crippen LogP contribution in [0.2, 0.25) is 5.02 Å². The fraction of sp³-hybridized carbons (Fsp3) is 0.0500. The predicted molar refractivity (Wildman–Crippen MR) is 102 cm³/mol. The van der Waals surface area contributed by atoms with Gasteiger partial charge in [-0.25, -0.2) is 0 Å². The van der Waals surface area contributed by atoms with Crippen molar-refractivity contribution in [3.05, 3.63) is 87.4 Å². The highest BCUT2D eigenvalue weighted by Crippen LogP contribution is 2.28. The third kappa shape index (κ3) is 3.86. The summed E-state index contributed by atoms with van der Waals surface area (Å²) < 4.78 is 0.998. The zero-order chi connectivity index (χ0) is 17.1. The number of Topliss-reactive ketones (excluding diaryl/α,β-unsaturated/α-hetero) is 1. The molecule has 0 aliphatic rings. The molecule has 0 aliphatic carbocycles. The first kappa shape index (κ1) is 16.7. The minimum atomic E-state index is 0.0195. The van der Waals surface area contributed by atoms with Gasteiger partial charge in [-0.3, -0.25) is 4.79 Å². The van der Waals surface area contributed by atoms with Crippen molar-refractivity contribution < 1.29 is 4.79 Å². The molecule has 3 aromatic carbocycles. The molecule has 0 spiro atoms. The summed E-state index contributed by atoms with van der Waals surface area (Å²) >= 11 is 9.31. The standard InChI is InChI=1S/C20H14BrClNO/c21-16-6-1-13(2-7-16)19-12-18(23)10-5-15(19)11-20(24)14-3-8-17(22)9-4-14/h1-4,6-10,12H,11,23H2. The van der Waals surface area contributed by atoms with Crippen LogP contribution in [0.15, 0.2) is 65.1 Å². The number of hydrogen-bond acceptors (Lipinski definition) is 2. The molecule has 0 fully saturated rings. The van der Waals surface area contributed by atoms with Crippen LogP contribution in [0.4, 0.5) is 5.69 Å². The molecule has 3 rings (SSSR count). The Balaban J connectivity index is 1.94. The maximum Gasteiger partial charge on any atom is 0.167 e. The Morgan fingerprint density at radius 2 is 1.75 bits per heavy atom. The minimum absolute atomic E-state index is 0.0195. The molecule has 4 heteroatoms. The van der Waals surface area contributed by atoms with Crippen molar-refractivity contribution in [1.29, 1.82) is 0 Å². The molecule has 0 saturated heterocycles. The third-order valence-corrected chi connectivity index (χ3v) is 4.49. The molecule has 0 aromatic heterocycles. The minimum Gasteiger partial charge on any atom is -0.399 e. The van der Waals surface area contributed by atoms with Gasteiger partial charge in [-0.05, 0) is 71.3 Å². The van der Waals surface area contributed by atoms with Crippen LogP contribution < -0.4 is 5.73 Å². The van der Waals surface area contributed by atoms with Crippen molar-refractivity contribution >= 4 is 39.0 Å². The molecule has 24 heavy (non-hydrogen) atoms. The van der Waals surface area contributed by atoms with E-state index in [9.17, 15) is 4.79 Å². The van der Waals surface area contributed by atoms with Crippen LogP contribution in [0.25, 0.3) is 11.1 Å². The average molecular weight is 400 g/mol. The number of carbonyl (C=O) groups is 1. The fourth-order valence-electron chi connectivity index (χ4n) is 2.48. The van der Waals surface area contributed by atoms with Gasteiger partial charge < -0.3 is 5.73 Å². The van der Waals surface area contributed by atoms with Gasteiger partial charge in [-0.2, -0.15) is 0 Å². The predicted octanol–water partition coefficient (Wildman–Crippen LogP) is 5.58. The molecular formula is C20H14BrClNO. The monoisotopic (exact) mass is 398 g/mol. The molecule has 119 valence electrons. The molecule has 0 aliphatic heterocycles. The zero-order valence-electron chi connectivity index (χ0n) is 12.7.